The topological polar surface area (TPSA) is 0 Å². The van der Waals surface area contributed by atoms with Gasteiger partial charge in [-0.3, -0.25) is 0 Å². The molecule has 74 valence electrons. The zero-order valence-corrected chi connectivity index (χ0v) is 10.0. The lowest BCUT2D eigenvalue weighted by molar-refractivity contribution is 0.949. The van der Waals surface area contributed by atoms with Crippen molar-refractivity contribution in [3.8, 4) is 0 Å². The van der Waals surface area contributed by atoms with E-state index in [2.05, 4.69) is 47.6 Å². The molecule has 1 saturated carbocycles. The number of benzene rings is 1. The minimum atomic E-state index is 0.433. The van der Waals surface area contributed by atoms with Gasteiger partial charge in [-0.05, 0) is 35.8 Å². The van der Waals surface area contributed by atoms with Crippen molar-refractivity contribution in [1.82, 2.24) is 0 Å². The van der Waals surface area contributed by atoms with Gasteiger partial charge < -0.3 is 0 Å². The Bertz CT molecular complexity index is 350. The highest BCUT2D eigenvalue weighted by molar-refractivity contribution is 9.10. The third-order valence-corrected chi connectivity index (χ3v) is 3.84. The van der Waals surface area contributed by atoms with Crippen LogP contribution in [0.5, 0.6) is 0 Å². The first kappa shape index (κ1) is 9.97. The van der Waals surface area contributed by atoms with E-state index in [9.17, 15) is 0 Å². The zero-order chi connectivity index (χ0) is 10.1. The van der Waals surface area contributed by atoms with E-state index in [0.717, 1.165) is 5.92 Å². The van der Waals surface area contributed by atoms with Crippen LogP contribution >= 0.6 is 15.9 Å². The molecule has 0 saturated heterocycles. The molecule has 0 aliphatic heterocycles. The SMILES string of the molecule is C=CC(C)c1cccc(C2CC2)c1Br. The summed E-state index contributed by atoms with van der Waals surface area (Å²) in [5.41, 5.74) is 2.85. The molecule has 0 amide bonds. The summed E-state index contributed by atoms with van der Waals surface area (Å²) in [5.74, 6) is 1.24. The number of allylic oxidation sites excluding steroid dienone is 1. The fraction of sp³-hybridized carbons (Fsp3) is 0.385. The third kappa shape index (κ3) is 1.78. The van der Waals surface area contributed by atoms with Crippen LogP contribution in [-0.4, -0.2) is 0 Å². The predicted octanol–water partition coefficient (Wildman–Crippen LogP) is 4.62. The second-order valence-corrected chi connectivity index (χ2v) is 4.84. The van der Waals surface area contributed by atoms with Gasteiger partial charge in [0.15, 0.2) is 0 Å². The van der Waals surface area contributed by atoms with E-state index >= 15 is 0 Å². The highest BCUT2D eigenvalue weighted by atomic mass is 79.9. The largest absolute Gasteiger partial charge is 0.102 e. The van der Waals surface area contributed by atoms with E-state index in [1.165, 1.54) is 28.4 Å². The smallest absolute Gasteiger partial charge is 0.0248 e. The van der Waals surface area contributed by atoms with E-state index in [0.29, 0.717) is 5.92 Å². The van der Waals surface area contributed by atoms with E-state index in [1.54, 1.807) is 0 Å². The average Bonchev–Trinajstić information content (AvgIpc) is 3.01. The van der Waals surface area contributed by atoms with Crippen molar-refractivity contribution in [3.63, 3.8) is 0 Å². The molecular formula is C13H15Br. The van der Waals surface area contributed by atoms with Crippen molar-refractivity contribution < 1.29 is 0 Å². The number of halogens is 1. The van der Waals surface area contributed by atoms with Crippen LogP contribution in [0.15, 0.2) is 35.3 Å². The predicted molar refractivity (Wildman–Crippen MR) is 64.7 cm³/mol. The number of hydrogen-bond acceptors (Lipinski definition) is 0. The zero-order valence-electron chi connectivity index (χ0n) is 8.46. The Labute approximate surface area is 94.2 Å². The van der Waals surface area contributed by atoms with Crippen LogP contribution in [0.1, 0.15) is 42.7 Å². The summed E-state index contributed by atoms with van der Waals surface area (Å²) in [7, 11) is 0. The maximum Gasteiger partial charge on any atom is 0.0248 e. The monoisotopic (exact) mass is 250 g/mol. The van der Waals surface area contributed by atoms with Crippen molar-refractivity contribution >= 4 is 15.9 Å². The van der Waals surface area contributed by atoms with Crippen molar-refractivity contribution in [2.75, 3.05) is 0 Å². The van der Waals surface area contributed by atoms with Crippen LogP contribution < -0.4 is 0 Å². The average molecular weight is 251 g/mol. The van der Waals surface area contributed by atoms with Crippen LogP contribution in [0.2, 0.25) is 0 Å². The molecule has 0 bridgehead atoms. The molecule has 0 spiro atoms. The van der Waals surface area contributed by atoms with Gasteiger partial charge in [0.1, 0.15) is 0 Å². The van der Waals surface area contributed by atoms with E-state index in [1.807, 2.05) is 6.08 Å². The Kier molecular flexibility index (Phi) is 2.78. The summed E-state index contributed by atoms with van der Waals surface area (Å²) >= 11 is 3.72. The fourth-order valence-corrected chi connectivity index (χ4v) is 2.71. The molecule has 0 nitrogen and oxygen atoms in total. The highest BCUT2D eigenvalue weighted by Gasteiger charge is 2.26. The molecule has 1 aromatic rings. The molecule has 0 aromatic heterocycles. The molecule has 1 unspecified atom stereocenters. The molecular weight excluding hydrogens is 236 g/mol. The molecule has 1 atom stereocenters. The maximum atomic E-state index is 3.85. The highest BCUT2D eigenvalue weighted by Crippen LogP contribution is 2.45. The standard InChI is InChI=1S/C13H15Br/c1-3-9(2)11-5-4-6-12(13(11)14)10-7-8-10/h3-6,9-10H,1,7-8H2,2H3. The molecule has 14 heavy (non-hydrogen) atoms. The van der Waals surface area contributed by atoms with Crippen molar-refractivity contribution in [2.24, 2.45) is 0 Å². The minimum Gasteiger partial charge on any atom is -0.102 e. The second-order valence-electron chi connectivity index (χ2n) is 4.05. The van der Waals surface area contributed by atoms with Gasteiger partial charge in [-0.2, -0.15) is 0 Å². The Morgan fingerprint density at radius 1 is 1.50 bits per heavy atom. The van der Waals surface area contributed by atoms with Crippen LogP contribution in [0.4, 0.5) is 0 Å². The molecule has 0 N–H and O–H groups in total. The molecule has 1 aliphatic carbocycles. The van der Waals surface area contributed by atoms with Gasteiger partial charge in [-0.15, -0.1) is 6.58 Å². The lowest BCUT2D eigenvalue weighted by Gasteiger charge is -2.12. The van der Waals surface area contributed by atoms with Crippen molar-refractivity contribution in [2.45, 2.75) is 31.6 Å². The number of rotatable bonds is 3. The summed E-state index contributed by atoms with van der Waals surface area (Å²) in [6.07, 6.45) is 4.70. The lowest BCUT2D eigenvalue weighted by Crippen LogP contribution is -1.93. The van der Waals surface area contributed by atoms with Crippen LogP contribution in [0.25, 0.3) is 0 Å². The van der Waals surface area contributed by atoms with Crippen LogP contribution in [-0.2, 0) is 0 Å². The lowest BCUT2D eigenvalue weighted by atomic mass is 9.98. The Balaban J connectivity index is 2.40. The van der Waals surface area contributed by atoms with Gasteiger partial charge >= 0.3 is 0 Å². The third-order valence-electron chi connectivity index (χ3n) is 2.92. The molecule has 1 aromatic carbocycles. The van der Waals surface area contributed by atoms with E-state index < -0.39 is 0 Å². The van der Waals surface area contributed by atoms with Crippen molar-refractivity contribution in [1.29, 1.82) is 0 Å². The van der Waals surface area contributed by atoms with Gasteiger partial charge in [0, 0.05) is 4.47 Å². The van der Waals surface area contributed by atoms with Gasteiger partial charge in [-0.25, -0.2) is 0 Å². The molecule has 1 aliphatic rings. The van der Waals surface area contributed by atoms with E-state index in [4.69, 9.17) is 0 Å². The molecule has 2 rings (SSSR count). The van der Waals surface area contributed by atoms with Gasteiger partial charge in [-0.1, -0.05) is 47.1 Å². The van der Waals surface area contributed by atoms with Crippen LogP contribution in [0, 0.1) is 0 Å². The van der Waals surface area contributed by atoms with Crippen LogP contribution in [0.3, 0.4) is 0 Å². The molecule has 1 fully saturated rings. The first-order valence-electron chi connectivity index (χ1n) is 5.15. The van der Waals surface area contributed by atoms with Gasteiger partial charge in [0.25, 0.3) is 0 Å². The summed E-state index contributed by atoms with van der Waals surface area (Å²) in [5, 5.41) is 0. The molecule has 0 radical (unpaired) electrons. The Morgan fingerprint density at radius 2 is 2.21 bits per heavy atom. The van der Waals surface area contributed by atoms with Gasteiger partial charge in [0.2, 0.25) is 0 Å². The van der Waals surface area contributed by atoms with Gasteiger partial charge in [0.05, 0.1) is 0 Å². The normalized spacial score (nSPS) is 17.9. The Morgan fingerprint density at radius 3 is 2.79 bits per heavy atom. The quantitative estimate of drug-likeness (QED) is 0.688. The summed E-state index contributed by atoms with van der Waals surface area (Å²) in [6, 6.07) is 6.58. The first-order chi connectivity index (χ1) is 6.74. The first-order valence-corrected chi connectivity index (χ1v) is 5.94. The van der Waals surface area contributed by atoms with Crippen molar-refractivity contribution in [3.05, 3.63) is 46.5 Å². The minimum absolute atomic E-state index is 0.433. The maximum absolute atomic E-state index is 3.85. The second kappa shape index (κ2) is 3.90. The summed E-state index contributed by atoms with van der Waals surface area (Å²) in [6.45, 7) is 6.03. The molecule has 0 heterocycles. The fourth-order valence-electron chi connectivity index (χ4n) is 1.76. The summed E-state index contributed by atoms with van der Waals surface area (Å²) < 4.78 is 1.30. The number of hydrogen-bond donors (Lipinski definition) is 0. The van der Waals surface area contributed by atoms with E-state index in [-0.39, 0.29) is 0 Å². The molecule has 1 heteroatoms. The Hall–Kier alpha value is -0.560. The summed E-state index contributed by atoms with van der Waals surface area (Å²) in [4.78, 5) is 0.